The van der Waals surface area contributed by atoms with Gasteiger partial charge in [0.15, 0.2) is 0 Å². The van der Waals surface area contributed by atoms with Crippen LogP contribution in [0.15, 0.2) is 22.7 Å². The summed E-state index contributed by atoms with van der Waals surface area (Å²) in [6, 6.07) is 6.25. The van der Waals surface area contributed by atoms with E-state index in [4.69, 9.17) is 11.6 Å². The van der Waals surface area contributed by atoms with E-state index in [1.165, 1.54) is 11.3 Å². The third-order valence-electron chi connectivity index (χ3n) is 2.70. The third kappa shape index (κ3) is 4.86. The van der Waals surface area contributed by atoms with Gasteiger partial charge < -0.3 is 9.80 Å². The van der Waals surface area contributed by atoms with Gasteiger partial charge in [0.25, 0.3) is 0 Å². The summed E-state index contributed by atoms with van der Waals surface area (Å²) in [5.41, 5.74) is 2.40. The molecule has 0 bridgehead atoms. The second-order valence-electron chi connectivity index (χ2n) is 4.49. The van der Waals surface area contributed by atoms with Gasteiger partial charge in [0, 0.05) is 29.6 Å². The fraction of sp³-hybridized carbons (Fsp3) is 0.538. The number of hydrogen-bond acceptors (Lipinski definition) is 2. The van der Waals surface area contributed by atoms with Crippen LogP contribution in [-0.2, 0) is 5.88 Å². The maximum atomic E-state index is 5.96. The quantitative estimate of drug-likeness (QED) is 0.740. The molecular weight excluding hydrogens is 300 g/mol. The first-order chi connectivity index (χ1) is 8.04. The second kappa shape index (κ2) is 7.24. The van der Waals surface area contributed by atoms with Crippen LogP contribution in [0.3, 0.4) is 0 Å². The molecule has 0 fully saturated rings. The summed E-state index contributed by atoms with van der Waals surface area (Å²) in [5.74, 6) is 0.556. The molecule has 0 spiro atoms. The lowest BCUT2D eigenvalue weighted by molar-refractivity contribution is 0.401. The smallest absolute Gasteiger partial charge is 0.0494 e. The normalized spacial score (nSPS) is 10.9. The van der Waals surface area contributed by atoms with Gasteiger partial charge in [-0.25, -0.2) is 0 Å². The Morgan fingerprint density at radius 2 is 1.88 bits per heavy atom. The maximum absolute atomic E-state index is 5.96. The minimum atomic E-state index is 0.556. The highest BCUT2D eigenvalue weighted by Gasteiger charge is 2.07. The Bertz CT molecular complexity index is 355. The van der Waals surface area contributed by atoms with Crippen molar-refractivity contribution in [3.63, 3.8) is 0 Å². The number of hydrogen-bond donors (Lipinski definition) is 0. The van der Waals surface area contributed by atoms with Crippen molar-refractivity contribution < 1.29 is 0 Å². The Kier molecular flexibility index (Phi) is 6.31. The number of nitrogens with zero attached hydrogens (tertiary/aromatic N) is 2. The van der Waals surface area contributed by atoms with Gasteiger partial charge >= 0.3 is 0 Å². The minimum absolute atomic E-state index is 0.556. The topological polar surface area (TPSA) is 6.48 Å². The number of anilines is 1. The van der Waals surface area contributed by atoms with E-state index in [1.807, 2.05) is 6.07 Å². The van der Waals surface area contributed by atoms with Crippen LogP contribution < -0.4 is 4.90 Å². The highest BCUT2D eigenvalue weighted by molar-refractivity contribution is 9.10. The van der Waals surface area contributed by atoms with Crippen LogP contribution in [0.5, 0.6) is 0 Å². The number of halogens is 2. The molecule has 2 nitrogen and oxygen atoms in total. The first-order valence-corrected chi connectivity index (χ1v) is 7.07. The molecule has 4 heteroatoms. The van der Waals surface area contributed by atoms with E-state index >= 15 is 0 Å². The van der Waals surface area contributed by atoms with Crippen molar-refractivity contribution in [2.24, 2.45) is 0 Å². The summed E-state index contributed by atoms with van der Waals surface area (Å²) in [4.78, 5) is 4.48. The van der Waals surface area contributed by atoms with Gasteiger partial charge in [-0.15, -0.1) is 11.6 Å². The Labute approximate surface area is 118 Å². The molecule has 0 N–H and O–H groups in total. The van der Waals surface area contributed by atoms with Gasteiger partial charge in [-0.3, -0.25) is 0 Å². The summed E-state index contributed by atoms with van der Waals surface area (Å²) >= 11 is 9.47. The average Bonchev–Trinajstić information content (AvgIpc) is 2.28. The van der Waals surface area contributed by atoms with E-state index in [2.05, 4.69) is 59.0 Å². The lowest BCUT2D eigenvalue weighted by Crippen LogP contribution is -2.24. The summed E-state index contributed by atoms with van der Waals surface area (Å²) in [5, 5.41) is 0. The molecule has 0 amide bonds. The fourth-order valence-electron chi connectivity index (χ4n) is 1.75. The van der Waals surface area contributed by atoms with Crippen LogP contribution in [0.1, 0.15) is 12.0 Å². The largest absolute Gasteiger partial charge is 0.374 e. The molecule has 96 valence electrons. The minimum Gasteiger partial charge on any atom is -0.374 e. The zero-order valence-corrected chi connectivity index (χ0v) is 13.1. The van der Waals surface area contributed by atoms with Gasteiger partial charge in [-0.05, 0) is 44.8 Å². The molecule has 1 aromatic carbocycles. The van der Waals surface area contributed by atoms with Crippen molar-refractivity contribution in [1.82, 2.24) is 4.90 Å². The Balaban J connectivity index is 2.66. The SMILES string of the molecule is CN(C)CCCN(C)c1cc(Br)ccc1CCl. The molecule has 0 atom stereocenters. The Hall–Kier alpha value is -0.250. The first kappa shape index (κ1) is 14.8. The standard InChI is InChI=1S/C13H20BrClN2/c1-16(2)7-4-8-17(3)13-9-12(14)6-5-11(13)10-15/h5-6,9H,4,7-8,10H2,1-3H3. The van der Waals surface area contributed by atoms with E-state index in [9.17, 15) is 0 Å². The van der Waals surface area contributed by atoms with Gasteiger partial charge in [0.05, 0.1) is 0 Å². The van der Waals surface area contributed by atoms with Crippen molar-refractivity contribution in [2.75, 3.05) is 39.1 Å². The van der Waals surface area contributed by atoms with Crippen molar-refractivity contribution in [1.29, 1.82) is 0 Å². The molecule has 0 heterocycles. The first-order valence-electron chi connectivity index (χ1n) is 5.75. The van der Waals surface area contributed by atoms with Crippen LogP contribution >= 0.6 is 27.5 Å². The molecule has 0 aliphatic rings. The van der Waals surface area contributed by atoms with Gasteiger partial charge in [0.2, 0.25) is 0 Å². The molecule has 17 heavy (non-hydrogen) atoms. The monoisotopic (exact) mass is 318 g/mol. The van der Waals surface area contributed by atoms with Crippen LogP contribution in [-0.4, -0.2) is 39.1 Å². The van der Waals surface area contributed by atoms with E-state index in [0.717, 1.165) is 24.0 Å². The summed E-state index contributed by atoms with van der Waals surface area (Å²) in [6.07, 6.45) is 1.15. The second-order valence-corrected chi connectivity index (χ2v) is 5.67. The van der Waals surface area contributed by atoms with Crippen LogP contribution in [0.25, 0.3) is 0 Å². The van der Waals surface area contributed by atoms with Crippen molar-refractivity contribution in [3.8, 4) is 0 Å². The molecule has 0 aliphatic carbocycles. The average molecular weight is 320 g/mol. The number of rotatable bonds is 6. The van der Waals surface area contributed by atoms with E-state index in [-0.39, 0.29) is 0 Å². The molecule has 1 aromatic rings. The number of alkyl halides is 1. The van der Waals surface area contributed by atoms with Crippen LogP contribution in [0, 0.1) is 0 Å². The Morgan fingerprint density at radius 1 is 1.18 bits per heavy atom. The van der Waals surface area contributed by atoms with Gasteiger partial charge in [-0.2, -0.15) is 0 Å². The molecule has 0 aromatic heterocycles. The van der Waals surface area contributed by atoms with Crippen molar-refractivity contribution in [2.45, 2.75) is 12.3 Å². The lowest BCUT2D eigenvalue weighted by atomic mass is 10.2. The predicted molar refractivity (Wildman–Crippen MR) is 80.1 cm³/mol. The van der Waals surface area contributed by atoms with Crippen LogP contribution in [0.2, 0.25) is 0 Å². The lowest BCUT2D eigenvalue weighted by Gasteiger charge is -2.23. The zero-order chi connectivity index (χ0) is 12.8. The maximum Gasteiger partial charge on any atom is 0.0494 e. The van der Waals surface area contributed by atoms with Crippen molar-refractivity contribution in [3.05, 3.63) is 28.2 Å². The molecule has 0 aliphatic heterocycles. The third-order valence-corrected chi connectivity index (χ3v) is 3.48. The van der Waals surface area contributed by atoms with Gasteiger partial charge in [-0.1, -0.05) is 22.0 Å². The molecule has 1 rings (SSSR count). The zero-order valence-electron chi connectivity index (χ0n) is 10.7. The molecular formula is C13H20BrClN2. The van der Waals surface area contributed by atoms with E-state index in [1.54, 1.807) is 0 Å². The molecule has 0 unspecified atom stereocenters. The fourth-order valence-corrected chi connectivity index (χ4v) is 2.32. The summed E-state index contributed by atoms with van der Waals surface area (Å²) < 4.78 is 1.10. The highest BCUT2D eigenvalue weighted by Crippen LogP contribution is 2.25. The predicted octanol–water partition coefficient (Wildman–Crippen LogP) is 3.58. The molecule has 0 radical (unpaired) electrons. The van der Waals surface area contributed by atoms with Gasteiger partial charge in [0.1, 0.15) is 0 Å². The van der Waals surface area contributed by atoms with E-state index in [0.29, 0.717) is 5.88 Å². The highest BCUT2D eigenvalue weighted by atomic mass is 79.9. The Morgan fingerprint density at radius 3 is 2.47 bits per heavy atom. The molecule has 0 saturated carbocycles. The van der Waals surface area contributed by atoms with Crippen LogP contribution in [0.4, 0.5) is 5.69 Å². The van der Waals surface area contributed by atoms with E-state index < -0.39 is 0 Å². The molecule has 0 saturated heterocycles. The summed E-state index contributed by atoms with van der Waals surface area (Å²) in [7, 11) is 6.32. The van der Waals surface area contributed by atoms with Crippen molar-refractivity contribution >= 4 is 33.2 Å². The summed E-state index contributed by atoms with van der Waals surface area (Å²) in [6.45, 7) is 2.15. The number of benzene rings is 1.